The molecule has 6 heteroatoms. The number of esters is 1. The average Bonchev–Trinajstić information content (AvgIpc) is 2.55. The van der Waals surface area contributed by atoms with Crippen LogP contribution in [0, 0.1) is 6.92 Å². The van der Waals surface area contributed by atoms with Crippen molar-refractivity contribution in [3.8, 4) is 23.0 Å². The number of carbonyl (C=O) groups excluding carboxylic acids is 1. The predicted molar refractivity (Wildman–Crippen MR) is 87.7 cm³/mol. The van der Waals surface area contributed by atoms with Gasteiger partial charge in [-0.1, -0.05) is 0 Å². The van der Waals surface area contributed by atoms with Crippen LogP contribution in [0.1, 0.15) is 25.0 Å². The standard InChI is InChI=1S/C17H24O6/c1-8-23-17(18)10(2)9-12-11(3)13(19-4)15(21-6)16(22-7)14(12)20-5/h9H,8H2,1-7H3/b10-9+. The highest BCUT2D eigenvalue weighted by atomic mass is 16.5. The summed E-state index contributed by atoms with van der Waals surface area (Å²) < 4.78 is 26.7. The molecule has 0 saturated heterocycles. The van der Waals surface area contributed by atoms with E-state index in [1.807, 2.05) is 6.92 Å². The van der Waals surface area contributed by atoms with E-state index in [-0.39, 0.29) is 5.97 Å². The van der Waals surface area contributed by atoms with Crippen LogP contribution < -0.4 is 18.9 Å². The van der Waals surface area contributed by atoms with Crippen molar-refractivity contribution in [2.45, 2.75) is 20.8 Å². The van der Waals surface area contributed by atoms with Crippen molar-refractivity contribution < 1.29 is 28.5 Å². The van der Waals surface area contributed by atoms with Crippen molar-refractivity contribution in [3.63, 3.8) is 0 Å². The Morgan fingerprint density at radius 3 is 1.83 bits per heavy atom. The van der Waals surface area contributed by atoms with Crippen LogP contribution >= 0.6 is 0 Å². The van der Waals surface area contributed by atoms with Crippen LogP contribution in [-0.2, 0) is 9.53 Å². The van der Waals surface area contributed by atoms with E-state index in [1.54, 1.807) is 27.0 Å². The molecule has 0 atom stereocenters. The maximum Gasteiger partial charge on any atom is 0.333 e. The number of carbonyl (C=O) groups is 1. The van der Waals surface area contributed by atoms with Crippen molar-refractivity contribution in [1.29, 1.82) is 0 Å². The number of methoxy groups -OCH3 is 4. The Bertz CT molecular complexity index is 604. The van der Waals surface area contributed by atoms with Gasteiger partial charge in [-0.25, -0.2) is 4.79 Å². The molecule has 1 rings (SSSR count). The monoisotopic (exact) mass is 324 g/mol. The molecule has 0 spiro atoms. The summed E-state index contributed by atoms with van der Waals surface area (Å²) in [6.07, 6.45) is 1.69. The topological polar surface area (TPSA) is 63.2 Å². The van der Waals surface area contributed by atoms with Crippen molar-refractivity contribution in [3.05, 3.63) is 16.7 Å². The Morgan fingerprint density at radius 2 is 1.39 bits per heavy atom. The lowest BCUT2D eigenvalue weighted by atomic mass is 10.0. The van der Waals surface area contributed by atoms with Crippen LogP contribution in [0.2, 0.25) is 0 Å². The van der Waals surface area contributed by atoms with Crippen LogP contribution in [0.25, 0.3) is 6.08 Å². The molecular weight excluding hydrogens is 300 g/mol. The van der Waals surface area contributed by atoms with Gasteiger partial charge in [-0.3, -0.25) is 0 Å². The number of rotatable bonds is 7. The Hall–Kier alpha value is -2.37. The fraction of sp³-hybridized carbons (Fsp3) is 0.471. The van der Waals surface area contributed by atoms with E-state index in [2.05, 4.69) is 0 Å². The highest BCUT2D eigenvalue weighted by Crippen LogP contribution is 2.49. The summed E-state index contributed by atoms with van der Waals surface area (Å²) in [6.45, 7) is 5.61. The summed E-state index contributed by atoms with van der Waals surface area (Å²) in [5.74, 6) is 1.44. The third-order valence-electron chi connectivity index (χ3n) is 3.38. The zero-order chi connectivity index (χ0) is 17.6. The summed E-state index contributed by atoms with van der Waals surface area (Å²) in [5.41, 5.74) is 1.89. The Balaban J connectivity index is 3.65. The van der Waals surface area contributed by atoms with Crippen LogP contribution in [0.5, 0.6) is 23.0 Å². The number of hydrogen-bond acceptors (Lipinski definition) is 6. The van der Waals surface area contributed by atoms with Crippen molar-refractivity contribution in [2.24, 2.45) is 0 Å². The molecule has 128 valence electrons. The fourth-order valence-electron chi connectivity index (χ4n) is 2.30. The van der Waals surface area contributed by atoms with Crippen LogP contribution in [-0.4, -0.2) is 41.0 Å². The molecule has 0 radical (unpaired) electrons. The SMILES string of the molecule is CCOC(=O)/C(C)=C/c1c(C)c(OC)c(OC)c(OC)c1OC. The van der Waals surface area contributed by atoms with Gasteiger partial charge in [0.1, 0.15) is 0 Å². The van der Waals surface area contributed by atoms with E-state index in [9.17, 15) is 4.79 Å². The van der Waals surface area contributed by atoms with E-state index >= 15 is 0 Å². The van der Waals surface area contributed by atoms with Gasteiger partial charge in [0.05, 0.1) is 35.0 Å². The Labute approximate surface area is 136 Å². The van der Waals surface area contributed by atoms with Crippen LogP contribution in [0.4, 0.5) is 0 Å². The summed E-state index contributed by atoms with van der Waals surface area (Å²) in [5, 5.41) is 0. The van der Waals surface area contributed by atoms with Gasteiger partial charge >= 0.3 is 5.97 Å². The number of ether oxygens (including phenoxy) is 5. The highest BCUT2D eigenvalue weighted by molar-refractivity contribution is 5.94. The van der Waals surface area contributed by atoms with Gasteiger partial charge in [0.15, 0.2) is 11.5 Å². The first-order valence-electron chi connectivity index (χ1n) is 7.18. The molecule has 0 aromatic heterocycles. The first-order valence-corrected chi connectivity index (χ1v) is 7.18. The molecule has 0 amide bonds. The highest BCUT2D eigenvalue weighted by Gasteiger charge is 2.24. The quantitative estimate of drug-likeness (QED) is 0.567. The fourth-order valence-corrected chi connectivity index (χ4v) is 2.30. The molecule has 1 aromatic rings. The minimum absolute atomic E-state index is 0.315. The van der Waals surface area contributed by atoms with Gasteiger partial charge in [-0.2, -0.15) is 0 Å². The van der Waals surface area contributed by atoms with Crippen molar-refractivity contribution >= 4 is 12.0 Å². The lowest BCUT2D eigenvalue weighted by Crippen LogP contribution is -2.06. The Morgan fingerprint density at radius 1 is 0.913 bits per heavy atom. The van der Waals surface area contributed by atoms with E-state index in [1.165, 1.54) is 21.3 Å². The third kappa shape index (κ3) is 3.70. The lowest BCUT2D eigenvalue weighted by Gasteiger charge is -2.20. The molecule has 6 nitrogen and oxygen atoms in total. The zero-order valence-electron chi connectivity index (χ0n) is 14.7. The number of hydrogen-bond donors (Lipinski definition) is 0. The summed E-state index contributed by atoms with van der Waals surface area (Å²) in [4.78, 5) is 11.9. The molecule has 0 saturated carbocycles. The van der Waals surface area contributed by atoms with Gasteiger partial charge in [0.2, 0.25) is 11.5 Å². The molecule has 0 aliphatic rings. The second-order valence-electron chi connectivity index (χ2n) is 4.72. The molecular formula is C17H24O6. The van der Waals surface area contributed by atoms with Crippen LogP contribution in [0.15, 0.2) is 5.57 Å². The van der Waals surface area contributed by atoms with E-state index in [0.29, 0.717) is 40.7 Å². The second-order valence-corrected chi connectivity index (χ2v) is 4.72. The molecule has 0 unspecified atom stereocenters. The molecule has 0 bridgehead atoms. The van der Waals surface area contributed by atoms with E-state index < -0.39 is 0 Å². The van der Waals surface area contributed by atoms with E-state index in [0.717, 1.165) is 5.56 Å². The minimum atomic E-state index is -0.386. The van der Waals surface area contributed by atoms with Gasteiger partial charge in [0, 0.05) is 16.7 Å². The van der Waals surface area contributed by atoms with Gasteiger partial charge < -0.3 is 23.7 Å². The maximum atomic E-state index is 11.9. The minimum Gasteiger partial charge on any atom is -0.492 e. The van der Waals surface area contributed by atoms with E-state index in [4.69, 9.17) is 23.7 Å². The first-order chi connectivity index (χ1) is 11.0. The smallest absolute Gasteiger partial charge is 0.333 e. The van der Waals surface area contributed by atoms with Gasteiger partial charge in [0.25, 0.3) is 0 Å². The van der Waals surface area contributed by atoms with Crippen LogP contribution in [0.3, 0.4) is 0 Å². The predicted octanol–water partition coefficient (Wildman–Crippen LogP) is 3.00. The second kappa shape index (κ2) is 8.31. The van der Waals surface area contributed by atoms with Crippen molar-refractivity contribution in [2.75, 3.05) is 35.0 Å². The molecule has 0 heterocycles. The number of benzene rings is 1. The normalized spacial score (nSPS) is 11.0. The zero-order valence-corrected chi connectivity index (χ0v) is 14.7. The molecule has 23 heavy (non-hydrogen) atoms. The first kappa shape index (κ1) is 18.7. The molecule has 0 fully saturated rings. The average molecular weight is 324 g/mol. The molecule has 0 N–H and O–H groups in total. The van der Waals surface area contributed by atoms with Gasteiger partial charge in [-0.15, -0.1) is 0 Å². The molecule has 1 aromatic carbocycles. The molecule has 0 aliphatic heterocycles. The summed E-state index contributed by atoms with van der Waals surface area (Å²) >= 11 is 0. The summed E-state index contributed by atoms with van der Waals surface area (Å²) in [6, 6.07) is 0. The lowest BCUT2D eigenvalue weighted by molar-refractivity contribution is -0.138. The summed E-state index contributed by atoms with van der Waals surface area (Å²) in [7, 11) is 6.11. The molecule has 0 aliphatic carbocycles. The van der Waals surface area contributed by atoms with Crippen molar-refractivity contribution in [1.82, 2.24) is 0 Å². The maximum absolute atomic E-state index is 11.9. The van der Waals surface area contributed by atoms with Gasteiger partial charge in [-0.05, 0) is 26.8 Å². The third-order valence-corrected chi connectivity index (χ3v) is 3.38. The largest absolute Gasteiger partial charge is 0.492 e. The Kier molecular flexibility index (Phi) is 6.75.